The Balaban J connectivity index is 1.25. The monoisotopic (exact) mass is 533 g/mol. The molecule has 39 heavy (non-hydrogen) atoms. The van der Waals surface area contributed by atoms with Crippen LogP contribution in [0.2, 0.25) is 0 Å². The molecular weight excluding hydrogens is 494 g/mol. The number of piperidine rings is 1. The summed E-state index contributed by atoms with van der Waals surface area (Å²) in [5, 5.41) is 6.46. The minimum atomic E-state index is -0.293. The SMILES string of the molecule is COc1cc(C(=O)NC2CCCN(C)C2)ccc1Nc1ncc2c(n1)N(C1CCCC1)CC1(CC1)C(=O)N2C. The maximum atomic E-state index is 13.3. The van der Waals surface area contributed by atoms with Crippen molar-refractivity contribution in [1.82, 2.24) is 20.2 Å². The van der Waals surface area contributed by atoms with Gasteiger partial charge in [0.25, 0.3) is 5.91 Å². The van der Waals surface area contributed by atoms with Crippen LogP contribution in [0.4, 0.5) is 23.1 Å². The van der Waals surface area contributed by atoms with Gasteiger partial charge in [-0.05, 0) is 70.3 Å². The summed E-state index contributed by atoms with van der Waals surface area (Å²) < 4.78 is 5.65. The van der Waals surface area contributed by atoms with Crippen LogP contribution in [0.15, 0.2) is 24.4 Å². The molecule has 2 aromatic rings. The van der Waals surface area contributed by atoms with Crippen LogP contribution in [0.1, 0.15) is 61.7 Å². The van der Waals surface area contributed by atoms with Crippen LogP contribution in [0.5, 0.6) is 5.75 Å². The number of aromatic nitrogens is 2. The summed E-state index contributed by atoms with van der Waals surface area (Å²) in [4.78, 5) is 42.2. The second kappa shape index (κ2) is 10.3. The predicted molar refractivity (Wildman–Crippen MR) is 151 cm³/mol. The third-order valence-electron chi connectivity index (χ3n) is 8.90. The number of nitrogens with zero attached hydrogens (tertiary/aromatic N) is 5. The van der Waals surface area contributed by atoms with Gasteiger partial charge in [-0.25, -0.2) is 4.98 Å². The number of benzene rings is 1. The number of likely N-dealkylation sites (tertiary alicyclic amines) is 1. The van der Waals surface area contributed by atoms with E-state index >= 15 is 0 Å². The lowest BCUT2D eigenvalue weighted by Crippen LogP contribution is -2.46. The van der Waals surface area contributed by atoms with Crippen LogP contribution >= 0.6 is 0 Å². The molecule has 1 unspecified atom stereocenters. The largest absolute Gasteiger partial charge is 0.495 e. The number of likely N-dealkylation sites (N-methyl/N-ethyl adjacent to an activating group) is 1. The Labute approximate surface area is 230 Å². The number of anilines is 4. The molecule has 1 spiro atoms. The first-order valence-electron chi connectivity index (χ1n) is 14.2. The lowest BCUT2D eigenvalue weighted by molar-refractivity contribution is -0.122. The molecular formula is C29H39N7O3. The Morgan fingerprint density at radius 3 is 2.64 bits per heavy atom. The number of hydrogen-bond donors (Lipinski definition) is 2. The first-order valence-corrected chi connectivity index (χ1v) is 14.2. The molecule has 1 aromatic heterocycles. The van der Waals surface area contributed by atoms with E-state index in [-0.39, 0.29) is 23.3 Å². The Hall–Kier alpha value is -3.40. The van der Waals surface area contributed by atoms with Gasteiger partial charge in [0, 0.05) is 37.8 Å². The first-order chi connectivity index (χ1) is 18.9. The fourth-order valence-electron chi connectivity index (χ4n) is 6.46. The number of nitrogens with one attached hydrogen (secondary N) is 2. The summed E-state index contributed by atoms with van der Waals surface area (Å²) in [6.45, 7) is 2.64. The second-order valence-electron chi connectivity index (χ2n) is 11.7. The molecule has 0 radical (unpaired) electrons. The molecule has 2 saturated carbocycles. The van der Waals surface area contributed by atoms with Crippen molar-refractivity contribution in [2.45, 2.75) is 63.5 Å². The standard InChI is InChI=1S/C29H39N7O3/c1-34-14-6-7-20(17-34)31-26(37)19-10-11-22(24(15-19)39-3)32-28-30-16-23-25(33-28)36(21-8-4-5-9-21)18-29(12-13-29)27(38)35(23)2/h10-11,15-16,20-21H,4-9,12-14,17-18H2,1-3H3,(H,31,37)(H,30,32,33). The zero-order chi connectivity index (χ0) is 27.1. The highest BCUT2D eigenvalue weighted by molar-refractivity contribution is 6.03. The van der Waals surface area contributed by atoms with E-state index in [4.69, 9.17) is 9.72 Å². The number of fused-ring (bicyclic) bond motifs is 1. The van der Waals surface area contributed by atoms with Crippen molar-refractivity contribution in [3.8, 4) is 5.75 Å². The van der Waals surface area contributed by atoms with Gasteiger partial charge in [0.05, 0.1) is 24.4 Å². The van der Waals surface area contributed by atoms with Crippen LogP contribution < -0.4 is 25.2 Å². The number of methoxy groups -OCH3 is 1. The maximum absolute atomic E-state index is 13.3. The van der Waals surface area contributed by atoms with Crippen molar-refractivity contribution in [3.63, 3.8) is 0 Å². The summed E-state index contributed by atoms with van der Waals surface area (Å²) in [6.07, 6.45) is 10.3. The molecule has 1 aromatic carbocycles. The fraction of sp³-hybridized carbons (Fsp3) is 0.586. The van der Waals surface area contributed by atoms with Gasteiger partial charge >= 0.3 is 0 Å². The topological polar surface area (TPSA) is 103 Å². The van der Waals surface area contributed by atoms with E-state index in [2.05, 4.69) is 32.5 Å². The summed E-state index contributed by atoms with van der Waals surface area (Å²) in [7, 11) is 5.51. The van der Waals surface area contributed by atoms with Crippen LogP contribution in [0.25, 0.3) is 0 Å². The van der Waals surface area contributed by atoms with E-state index in [0.717, 1.165) is 63.1 Å². The molecule has 208 valence electrons. The van der Waals surface area contributed by atoms with Gasteiger partial charge in [-0.2, -0.15) is 4.98 Å². The minimum Gasteiger partial charge on any atom is -0.495 e. The maximum Gasteiger partial charge on any atom is 0.251 e. The first kappa shape index (κ1) is 25.9. The Bertz CT molecular complexity index is 1260. The van der Waals surface area contributed by atoms with Gasteiger partial charge in [-0.1, -0.05) is 12.8 Å². The molecule has 0 bridgehead atoms. The highest BCUT2D eigenvalue weighted by Crippen LogP contribution is 2.52. The Morgan fingerprint density at radius 1 is 1.13 bits per heavy atom. The average Bonchev–Trinajstić information content (AvgIpc) is 3.54. The van der Waals surface area contributed by atoms with E-state index in [9.17, 15) is 9.59 Å². The van der Waals surface area contributed by atoms with E-state index in [1.165, 1.54) is 12.8 Å². The number of carbonyl (C=O) groups is 2. The van der Waals surface area contributed by atoms with Gasteiger partial charge in [-0.15, -0.1) is 0 Å². The van der Waals surface area contributed by atoms with E-state index in [0.29, 0.717) is 35.5 Å². The van der Waals surface area contributed by atoms with E-state index in [1.54, 1.807) is 30.3 Å². The van der Waals surface area contributed by atoms with Gasteiger partial charge in [0.2, 0.25) is 11.9 Å². The Kier molecular flexibility index (Phi) is 6.82. The molecule has 2 aliphatic carbocycles. The molecule has 6 rings (SSSR count). The zero-order valence-corrected chi connectivity index (χ0v) is 23.2. The van der Waals surface area contributed by atoms with Crippen molar-refractivity contribution in [3.05, 3.63) is 30.0 Å². The summed E-state index contributed by atoms with van der Waals surface area (Å²) in [6, 6.07) is 5.92. The molecule has 10 heteroatoms. The molecule has 4 aliphatic rings. The second-order valence-corrected chi connectivity index (χ2v) is 11.7. The van der Waals surface area contributed by atoms with Gasteiger partial charge in [0.1, 0.15) is 11.4 Å². The van der Waals surface area contributed by atoms with Crippen LogP contribution in [-0.2, 0) is 4.79 Å². The van der Waals surface area contributed by atoms with Crippen LogP contribution in [0.3, 0.4) is 0 Å². The van der Waals surface area contributed by atoms with Crippen molar-refractivity contribution < 1.29 is 14.3 Å². The van der Waals surface area contributed by atoms with Crippen molar-refractivity contribution >= 4 is 35.0 Å². The summed E-state index contributed by atoms with van der Waals surface area (Å²) >= 11 is 0. The van der Waals surface area contributed by atoms with Crippen molar-refractivity contribution in [2.75, 3.05) is 56.0 Å². The number of ether oxygens (including phenoxy) is 1. The van der Waals surface area contributed by atoms with Gasteiger partial charge in [0.15, 0.2) is 5.82 Å². The fourth-order valence-corrected chi connectivity index (χ4v) is 6.46. The lowest BCUT2D eigenvalue weighted by atomic mass is 10.0. The molecule has 3 heterocycles. The zero-order valence-electron chi connectivity index (χ0n) is 23.2. The number of rotatable bonds is 6. The summed E-state index contributed by atoms with van der Waals surface area (Å²) in [5.41, 5.74) is 1.69. The third-order valence-corrected chi connectivity index (χ3v) is 8.90. The number of hydrogen-bond acceptors (Lipinski definition) is 8. The van der Waals surface area contributed by atoms with Crippen molar-refractivity contribution in [1.29, 1.82) is 0 Å². The number of amides is 2. The highest BCUT2D eigenvalue weighted by atomic mass is 16.5. The molecule has 2 amide bonds. The molecule has 10 nitrogen and oxygen atoms in total. The molecule has 3 fully saturated rings. The van der Waals surface area contributed by atoms with Gasteiger partial charge < -0.3 is 30.1 Å². The quantitative estimate of drug-likeness (QED) is 0.581. The number of carbonyl (C=O) groups excluding carboxylic acids is 2. The molecule has 1 atom stereocenters. The van der Waals surface area contributed by atoms with Crippen LogP contribution in [0, 0.1) is 5.41 Å². The van der Waals surface area contributed by atoms with E-state index in [1.807, 2.05) is 13.1 Å². The smallest absolute Gasteiger partial charge is 0.251 e. The Morgan fingerprint density at radius 2 is 1.92 bits per heavy atom. The predicted octanol–water partition coefficient (Wildman–Crippen LogP) is 3.56. The normalized spacial score (nSPS) is 22.9. The summed E-state index contributed by atoms with van der Waals surface area (Å²) in [5.74, 6) is 1.86. The van der Waals surface area contributed by atoms with Crippen LogP contribution in [-0.4, -0.2) is 79.6 Å². The minimum absolute atomic E-state index is 0.102. The average molecular weight is 534 g/mol. The highest BCUT2D eigenvalue weighted by Gasteiger charge is 2.55. The third kappa shape index (κ3) is 5.02. The lowest BCUT2D eigenvalue weighted by Gasteiger charge is -2.31. The molecule has 2 N–H and O–H groups in total. The van der Waals surface area contributed by atoms with Crippen molar-refractivity contribution in [2.24, 2.45) is 5.41 Å². The molecule has 1 saturated heterocycles. The molecule has 2 aliphatic heterocycles. The van der Waals surface area contributed by atoms with Gasteiger partial charge in [-0.3, -0.25) is 9.59 Å². The van der Waals surface area contributed by atoms with E-state index < -0.39 is 0 Å².